The normalized spacial score (nSPS) is 10.1. The van der Waals surface area contributed by atoms with Crippen molar-refractivity contribution >= 4 is 0 Å². The summed E-state index contributed by atoms with van der Waals surface area (Å²) in [5.74, 6) is 0. The molecule has 60 valence electrons. The molecule has 0 spiro atoms. The van der Waals surface area contributed by atoms with Gasteiger partial charge in [-0.25, -0.2) is 8.78 Å². The third kappa shape index (κ3) is 7.56. The molecule has 0 bridgehead atoms. The zero-order valence-corrected chi connectivity index (χ0v) is 6.32. The number of rotatable bonds is 4. The lowest BCUT2D eigenvalue weighted by atomic mass is 10.3. The number of alkyl halides is 2. The maximum Gasteiger partial charge on any atom is 0.250 e. The Hall–Kier alpha value is -0.440. The van der Waals surface area contributed by atoms with E-state index in [1.807, 2.05) is 19.9 Å². The van der Waals surface area contributed by atoms with Gasteiger partial charge in [0.05, 0.1) is 6.54 Å². The zero-order valence-electron chi connectivity index (χ0n) is 6.32. The van der Waals surface area contributed by atoms with Crippen LogP contribution in [-0.2, 0) is 0 Å². The molecule has 0 aliphatic heterocycles. The van der Waals surface area contributed by atoms with Crippen molar-refractivity contribution in [1.29, 1.82) is 0 Å². The lowest BCUT2D eigenvalue weighted by molar-refractivity contribution is 0.147. The first-order valence-corrected chi connectivity index (χ1v) is 3.25. The topological polar surface area (TPSA) is 12.0 Å². The molecule has 0 radical (unpaired) electrons. The number of hydrogen-bond donors (Lipinski definition) is 1. The maximum absolute atomic E-state index is 11.5. The summed E-state index contributed by atoms with van der Waals surface area (Å²) < 4.78 is 23.0. The van der Waals surface area contributed by atoms with Crippen LogP contribution in [0, 0.1) is 0 Å². The molecule has 0 rings (SSSR count). The molecule has 0 fully saturated rings. The van der Waals surface area contributed by atoms with Gasteiger partial charge in [-0.15, -0.1) is 0 Å². The van der Waals surface area contributed by atoms with Gasteiger partial charge in [-0.3, -0.25) is 0 Å². The smallest absolute Gasteiger partial charge is 0.250 e. The van der Waals surface area contributed by atoms with Gasteiger partial charge in [0.1, 0.15) is 0 Å². The summed E-state index contributed by atoms with van der Waals surface area (Å²) in [6, 6.07) is 0. The summed E-state index contributed by atoms with van der Waals surface area (Å²) in [6.07, 6.45) is -0.367. The first-order valence-electron chi connectivity index (χ1n) is 3.25. The van der Waals surface area contributed by atoms with E-state index >= 15 is 0 Å². The molecule has 0 amide bonds. The van der Waals surface area contributed by atoms with Crippen molar-refractivity contribution < 1.29 is 8.78 Å². The quantitative estimate of drug-likeness (QED) is 0.474. The second kappa shape index (κ2) is 5.35. The van der Waals surface area contributed by atoms with Crippen LogP contribution in [0.25, 0.3) is 0 Å². The highest BCUT2D eigenvalue weighted by molar-refractivity contribution is 4.94. The summed E-state index contributed by atoms with van der Waals surface area (Å²) in [7, 11) is 0. The Bertz CT molecular complexity index is 106. The second-order valence-electron chi connectivity index (χ2n) is 2.33. The molecule has 0 aromatic rings. The Kier molecular flexibility index (Phi) is 5.12. The Morgan fingerprint density at radius 2 is 2.10 bits per heavy atom. The Balaban J connectivity index is 3.13. The average molecular weight is 149 g/mol. The van der Waals surface area contributed by atoms with Gasteiger partial charge in [0.25, 0.3) is 6.43 Å². The molecule has 1 N–H and O–H groups in total. The molecule has 0 aromatic carbocycles. The van der Waals surface area contributed by atoms with Gasteiger partial charge < -0.3 is 5.32 Å². The van der Waals surface area contributed by atoms with Crippen LogP contribution in [0.3, 0.4) is 0 Å². The van der Waals surface area contributed by atoms with Gasteiger partial charge in [0.15, 0.2) is 0 Å². The molecule has 0 aromatic heterocycles. The van der Waals surface area contributed by atoms with E-state index in [9.17, 15) is 8.78 Å². The minimum absolute atomic E-state index is 0.218. The number of halogens is 2. The molecule has 0 saturated carbocycles. The lowest BCUT2D eigenvalue weighted by Gasteiger charge is -1.98. The second-order valence-corrected chi connectivity index (χ2v) is 2.33. The van der Waals surface area contributed by atoms with Crippen LogP contribution in [0.4, 0.5) is 8.78 Å². The van der Waals surface area contributed by atoms with E-state index < -0.39 is 6.43 Å². The third-order valence-corrected chi connectivity index (χ3v) is 0.953. The minimum atomic E-state index is -2.24. The predicted molar refractivity (Wildman–Crippen MR) is 38.3 cm³/mol. The highest BCUT2D eigenvalue weighted by atomic mass is 19.3. The summed E-state index contributed by atoms with van der Waals surface area (Å²) in [5.41, 5.74) is 1.14. The van der Waals surface area contributed by atoms with Crippen molar-refractivity contribution in [1.82, 2.24) is 5.32 Å². The summed E-state index contributed by atoms with van der Waals surface area (Å²) >= 11 is 0. The predicted octanol–water partition coefficient (Wildman–Crippen LogP) is 1.81. The standard InChI is InChI=1S/C7H13F2N/c1-6(2)3-4-10-5-7(8)9/h3,7,10H,4-5H2,1-2H3. The largest absolute Gasteiger partial charge is 0.308 e. The molecule has 0 saturated heterocycles. The monoisotopic (exact) mass is 149 g/mol. The highest BCUT2D eigenvalue weighted by Gasteiger charge is 1.97. The number of nitrogens with one attached hydrogen (secondary N) is 1. The summed E-state index contributed by atoms with van der Waals surface area (Å²) in [5, 5.41) is 2.59. The maximum atomic E-state index is 11.5. The van der Waals surface area contributed by atoms with Gasteiger partial charge in [-0.2, -0.15) is 0 Å². The van der Waals surface area contributed by atoms with E-state index in [0.717, 1.165) is 5.57 Å². The van der Waals surface area contributed by atoms with Crippen molar-refractivity contribution in [3.8, 4) is 0 Å². The van der Waals surface area contributed by atoms with Crippen molar-refractivity contribution in [2.45, 2.75) is 20.3 Å². The van der Waals surface area contributed by atoms with E-state index in [1.54, 1.807) is 0 Å². The van der Waals surface area contributed by atoms with Gasteiger partial charge in [0.2, 0.25) is 0 Å². The van der Waals surface area contributed by atoms with Crippen molar-refractivity contribution in [3.63, 3.8) is 0 Å². The van der Waals surface area contributed by atoms with E-state index in [1.165, 1.54) is 0 Å². The number of hydrogen-bond acceptors (Lipinski definition) is 1. The zero-order chi connectivity index (χ0) is 7.98. The van der Waals surface area contributed by atoms with E-state index in [2.05, 4.69) is 5.32 Å². The van der Waals surface area contributed by atoms with Gasteiger partial charge in [-0.1, -0.05) is 11.6 Å². The Morgan fingerprint density at radius 1 is 1.50 bits per heavy atom. The van der Waals surface area contributed by atoms with Crippen LogP contribution in [-0.4, -0.2) is 19.5 Å². The fourth-order valence-corrected chi connectivity index (χ4v) is 0.469. The molecule has 1 nitrogen and oxygen atoms in total. The molecule has 0 atom stereocenters. The van der Waals surface area contributed by atoms with Crippen LogP contribution in [0.2, 0.25) is 0 Å². The van der Waals surface area contributed by atoms with E-state index in [4.69, 9.17) is 0 Å². The molecule has 3 heteroatoms. The third-order valence-electron chi connectivity index (χ3n) is 0.953. The molecular formula is C7H13F2N. The van der Waals surface area contributed by atoms with Crippen molar-refractivity contribution in [2.24, 2.45) is 0 Å². The van der Waals surface area contributed by atoms with Crippen LogP contribution in [0.1, 0.15) is 13.8 Å². The van der Waals surface area contributed by atoms with Gasteiger partial charge >= 0.3 is 0 Å². The highest BCUT2D eigenvalue weighted by Crippen LogP contribution is 1.88. The van der Waals surface area contributed by atoms with Gasteiger partial charge in [0, 0.05) is 6.54 Å². The molecule has 0 aliphatic rings. The molecule has 0 heterocycles. The number of allylic oxidation sites excluding steroid dienone is 1. The van der Waals surface area contributed by atoms with E-state index in [0.29, 0.717) is 6.54 Å². The van der Waals surface area contributed by atoms with Crippen LogP contribution >= 0.6 is 0 Å². The minimum Gasteiger partial charge on any atom is -0.308 e. The molecule has 10 heavy (non-hydrogen) atoms. The first-order chi connectivity index (χ1) is 4.63. The van der Waals surface area contributed by atoms with Crippen LogP contribution < -0.4 is 5.32 Å². The fourth-order valence-electron chi connectivity index (χ4n) is 0.469. The van der Waals surface area contributed by atoms with Crippen LogP contribution in [0.15, 0.2) is 11.6 Å². The molecular weight excluding hydrogens is 136 g/mol. The molecule has 0 aliphatic carbocycles. The Morgan fingerprint density at radius 3 is 2.50 bits per heavy atom. The van der Waals surface area contributed by atoms with Crippen molar-refractivity contribution in [3.05, 3.63) is 11.6 Å². The fraction of sp³-hybridized carbons (Fsp3) is 0.714. The van der Waals surface area contributed by atoms with E-state index in [-0.39, 0.29) is 6.54 Å². The van der Waals surface area contributed by atoms with Crippen molar-refractivity contribution in [2.75, 3.05) is 13.1 Å². The lowest BCUT2D eigenvalue weighted by Crippen LogP contribution is -2.21. The molecule has 0 unspecified atom stereocenters. The van der Waals surface area contributed by atoms with Gasteiger partial charge in [-0.05, 0) is 13.8 Å². The first kappa shape index (κ1) is 9.56. The average Bonchev–Trinajstić information content (AvgIpc) is 1.79. The SMILES string of the molecule is CC(C)=CCNCC(F)F. The van der Waals surface area contributed by atoms with Crippen LogP contribution in [0.5, 0.6) is 0 Å². The summed E-state index contributed by atoms with van der Waals surface area (Å²) in [4.78, 5) is 0. The summed E-state index contributed by atoms with van der Waals surface area (Å²) in [6.45, 7) is 4.19. The Labute approximate surface area is 60.1 Å².